The van der Waals surface area contributed by atoms with E-state index >= 15 is 0 Å². The summed E-state index contributed by atoms with van der Waals surface area (Å²) in [5.74, 6) is 0.190. The third kappa shape index (κ3) is 4.61. The van der Waals surface area contributed by atoms with Crippen molar-refractivity contribution < 1.29 is 0 Å². The second kappa shape index (κ2) is 11.5. The predicted molar refractivity (Wildman–Crippen MR) is 202 cm³/mol. The smallest absolute Gasteiger partial charge is 0.0988 e. The van der Waals surface area contributed by atoms with Crippen LogP contribution in [-0.2, 0) is 0 Å². The minimum absolute atomic E-state index is 0.0571. The molecule has 9 rings (SSSR count). The van der Waals surface area contributed by atoms with Crippen molar-refractivity contribution >= 4 is 57.0 Å². The van der Waals surface area contributed by atoms with E-state index in [4.69, 9.17) is 0 Å². The molecule has 3 nitrogen and oxygen atoms in total. The Morgan fingerprint density at radius 3 is 1.98 bits per heavy atom. The highest BCUT2D eigenvalue weighted by Crippen LogP contribution is 2.49. The summed E-state index contributed by atoms with van der Waals surface area (Å²) in [6, 6.07) is 55.7. The number of fused-ring (bicyclic) bond motifs is 6. The first-order chi connectivity index (χ1) is 23.7. The molecule has 0 saturated carbocycles. The van der Waals surface area contributed by atoms with Gasteiger partial charge in [-0.05, 0) is 96.5 Å². The zero-order chi connectivity index (χ0) is 32.2. The van der Waals surface area contributed by atoms with Crippen molar-refractivity contribution in [2.45, 2.75) is 18.9 Å². The van der Waals surface area contributed by atoms with Gasteiger partial charge in [0.2, 0.25) is 0 Å². The average molecular weight is 634 g/mol. The largest absolute Gasteiger partial charge is 0.333 e. The molecule has 0 spiro atoms. The zero-order valence-corrected chi connectivity index (χ0v) is 27.4. The summed E-state index contributed by atoms with van der Waals surface area (Å²) >= 11 is 0. The van der Waals surface area contributed by atoms with Crippen molar-refractivity contribution in [1.82, 2.24) is 4.57 Å². The molecule has 1 aliphatic heterocycles. The Kier molecular flexibility index (Phi) is 6.86. The summed E-state index contributed by atoms with van der Waals surface area (Å²) in [5, 5.41) is 16.3. The minimum atomic E-state index is -0.890. The number of para-hydroxylation sites is 2. The molecule has 7 aromatic rings. The Morgan fingerprint density at radius 1 is 0.625 bits per heavy atom. The molecule has 2 aliphatic rings. The van der Waals surface area contributed by atoms with Gasteiger partial charge >= 0.3 is 0 Å². The summed E-state index contributed by atoms with van der Waals surface area (Å²) in [4.78, 5) is 2.43. The van der Waals surface area contributed by atoms with Gasteiger partial charge in [0.05, 0.1) is 23.1 Å². The zero-order valence-electron chi connectivity index (χ0n) is 26.5. The maximum Gasteiger partial charge on any atom is 0.0988 e. The maximum absolute atomic E-state index is 9.79. The Hall–Kier alpha value is -5.68. The normalized spacial score (nSPS) is 17.2. The minimum Gasteiger partial charge on any atom is -0.333 e. The summed E-state index contributed by atoms with van der Waals surface area (Å²) in [7, 11) is -0.890. The van der Waals surface area contributed by atoms with Gasteiger partial charge in [0.25, 0.3) is 0 Å². The number of nitriles is 1. The molecule has 228 valence electrons. The lowest BCUT2D eigenvalue weighted by molar-refractivity contribution is 0.741. The van der Waals surface area contributed by atoms with Crippen LogP contribution in [0.1, 0.15) is 17.0 Å². The van der Waals surface area contributed by atoms with Crippen LogP contribution in [0, 0.1) is 18.3 Å². The molecular formula is C44H32N3P. The molecule has 1 aliphatic carbocycles. The van der Waals surface area contributed by atoms with Crippen molar-refractivity contribution in [2.24, 2.45) is 0 Å². The Labute approximate surface area is 282 Å². The first-order valence-electron chi connectivity index (χ1n) is 16.4. The maximum atomic E-state index is 9.79. The molecule has 0 bridgehead atoms. The van der Waals surface area contributed by atoms with Gasteiger partial charge in [0.1, 0.15) is 0 Å². The van der Waals surface area contributed by atoms with Gasteiger partial charge in [0, 0.05) is 39.3 Å². The average Bonchev–Trinajstić information content (AvgIpc) is 3.63. The quantitative estimate of drug-likeness (QED) is 0.177. The Balaban J connectivity index is 1.26. The first kappa shape index (κ1) is 28.5. The van der Waals surface area contributed by atoms with Crippen molar-refractivity contribution in [3.05, 3.63) is 181 Å². The standard InChI is InChI=1S/C44H32N3P/c1-30-17-21-37-39-23-19-35(27-43(39)46(41(37)25-30)32-11-5-2-6-12-32)48(34-15-9-4-10-16-34)36-20-24-40-38-22-18-31(29-45)26-42(38)47(44(40)28-36)33-13-7-3-8-14-33/h2-28,38,42H,1H3. The van der Waals surface area contributed by atoms with Crippen LogP contribution in [0.5, 0.6) is 0 Å². The van der Waals surface area contributed by atoms with Crippen LogP contribution in [0.3, 0.4) is 0 Å². The van der Waals surface area contributed by atoms with Crippen LogP contribution in [0.25, 0.3) is 27.5 Å². The van der Waals surface area contributed by atoms with Crippen molar-refractivity contribution in [3.63, 3.8) is 0 Å². The van der Waals surface area contributed by atoms with Crippen LogP contribution in [-0.4, -0.2) is 10.6 Å². The number of nitrogens with zero attached hydrogens (tertiary/aromatic N) is 3. The molecule has 1 aromatic heterocycles. The second-order valence-electron chi connectivity index (χ2n) is 12.6. The lowest BCUT2D eigenvalue weighted by atomic mass is 9.89. The number of allylic oxidation sites excluding steroid dienone is 2. The molecule has 4 heteroatoms. The summed E-state index contributed by atoms with van der Waals surface area (Å²) < 4.78 is 2.43. The van der Waals surface area contributed by atoms with E-state index < -0.39 is 7.92 Å². The van der Waals surface area contributed by atoms with Gasteiger partial charge in [-0.2, -0.15) is 5.26 Å². The Morgan fingerprint density at radius 2 is 1.25 bits per heavy atom. The van der Waals surface area contributed by atoms with Crippen molar-refractivity contribution in [3.8, 4) is 11.8 Å². The molecule has 3 unspecified atom stereocenters. The number of anilines is 2. The highest BCUT2D eigenvalue weighted by Gasteiger charge is 2.39. The molecule has 2 heterocycles. The van der Waals surface area contributed by atoms with E-state index in [1.54, 1.807) is 0 Å². The van der Waals surface area contributed by atoms with E-state index in [9.17, 15) is 5.26 Å². The number of benzene rings is 6. The molecule has 48 heavy (non-hydrogen) atoms. The van der Waals surface area contributed by atoms with Gasteiger partial charge in [-0.15, -0.1) is 0 Å². The van der Waals surface area contributed by atoms with E-state index in [0.717, 1.165) is 5.69 Å². The number of hydrogen-bond acceptors (Lipinski definition) is 2. The molecule has 0 radical (unpaired) electrons. The van der Waals surface area contributed by atoms with E-state index in [-0.39, 0.29) is 12.0 Å². The molecular weight excluding hydrogens is 601 g/mol. The van der Waals surface area contributed by atoms with Gasteiger partial charge in [-0.1, -0.05) is 109 Å². The highest BCUT2D eigenvalue weighted by molar-refractivity contribution is 7.79. The number of aromatic nitrogens is 1. The second-order valence-corrected chi connectivity index (χ2v) is 14.8. The lowest BCUT2D eigenvalue weighted by Gasteiger charge is -2.29. The van der Waals surface area contributed by atoms with Gasteiger partial charge in [-0.3, -0.25) is 0 Å². The fourth-order valence-corrected chi connectivity index (χ4v) is 9.93. The monoisotopic (exact) mass is 633 g/mol. The fourth-order valence-electron chi connectivity index (χ4n) is 7.62. The highest BCUT2D eigenvalue weighted by atomic mass is 31.1. The number of hydrogen-bond donors (Lipinski definition) is 0. The molecule has 0 saturated heterocycles. The van der Waals surface area contributed by atoms with E-state index in [1.807, 2.05) is 6.08 Å². The van der Waals surface area contributed by atoms with E-state index in [1.165, 1.54) is 60.2 Å². The van der Waals surface area contributed by atoms with Crippen LogP contribution in [0.4, 0.5) is 11.4 Å². The van der Waals surface area contributed by atoms with Crippen molar-refractivity contribution in [2.75, 3.05) is 4.90 Å². The molecule has 6 aromatic carbocycles. The first-order valence-corrected chi connectivity index (χ1v) is 17.8. The van der Waals surface area contributed by atoms with Crippen LogP contribution in [0.2, 0.25) is 0 Å². The molecule has 3 atom stereocenters. The van der Waals surface area contributed by atoms with E-state index in [2.05, 4.69) is 180 Å². The number of rotatable bonds is 5. The fraction of sp³-hybridized carbons (Fsp3) is 0.0682. The van der Waals surface area contributed by atoms with Crippen LogP contribution >= 0.6 is 7.92 Å². The summed E-state index contributed by atoms with van der Waals surface area (Å²) in [6.45, 7) is 2.17. The third-order valence-corrected chi connectivity index (χ3v) is 12.2. The summed E-state index contributed by atoms with van der Waals surface area (Å²) in [6.07, 6.45) is 6.32. The third-order valence-electron chi connectivity index (χ3n) is 9.75. The van der Waals surface area contributed by atoms with Gasteiger partial charge in [0.15, 0.2) is 0 Å². The van der Waals surface area contributed by atoms with Crippen LogP contribution in [0.15, 0.2) is 169 Å². The molecule has 0 amide bonds. The SMILES string of the molecule is Cc1ccc2c3ccc(P(c4ccccc4)c4ccc5c(c4)N(c4ccccc4)C4C=C(C#N)C=CC54)cc3n(-c3ccccc3)c2c1. The van der Waals surface area contributed by atoms with Crippen LogP contribution < -0.4 is 20.8 Å². The molecule has 0 N–H and O–H groups in total. The van der Waals surface area contributed by atoms with Gasteiger partial charge in [-0.25, -0.2) is 0 Å². The predicted octanol–water partition coefficient (Wildman–Crippen LogP) is 9.47. The lowest BCUT2D eigenvalue weighted by Crippen LogP contribution is -2.29. The van der Waals surface area contributed by atoms with Gasteiger partial charge < -0.3 is 9.47 Å². The molecule has 0 fully saturated rings. The topological polar surface area (TPSA) is 32.0 Å². The Bertz CT molecular complexity index is 2440. The summed E-state index contributed by atoms with van der Waals surface area (Å²) in [5.41, 5.74) is 9.24. The van der Waals surface area contributed by atoms with E-state index in [0.29, 0.717) is 5.57 Å². The van der Waals surface area contributed by atoms with Crippen molar-refractivity contribution in [1.29, 1.82) is 5.26 Å². The number of aryl methyl sites for hydroxylation is 1.